The lowest BCUT2D eigenvalue weighted by Gasteiger charge is -2.48. The van der Waals surface area contributed by atoms with Gasteiger partial charge in [-0.3, -0.25) is 4.79 Å². The summed E-state index contributed by atoms with van der Waals surface area (Å²) >= 11 is 0. The quantitative estimate of drug-likeness (QED) is 0.216. The smallest absolute Gasteiger partial charge is 0.316 e. The van der Waals surface area contributed by atoms with Crippen molar-refractivity contribution in [3.8, 4) is 0 Å². The van der Waals surface area contributed by atoms with Gasteiger partial charge in [0.15, 0.2) is 18.4 Å². The van der Waals surface area contributed by atoms with Crippen LogP contribution in [0.25, 0.3) is 0 Å². The highest BCUT2D eigenvalue weighted by atomic mass is 16.7. The molecule has 20 atom stereocenters. The third-order valence-electron chi connectivity index (χ3n) is 14.2. The van der Waals surface area contributed by atoms with E-state index in [2.05, 4.69) is 39.5 Å². The fourth-order valence-corrected chi connectivity index (χ4v) is 10.4. The van der Waals surface area contributed by atoms with Gasteiger partial charge in [-0.2, -0.15) is 0 Å². The van der Waals surface area contributed by atoms with E-state index < -0.39 is 96.9 Å². The van der Waals surface area contributed by atoms with Crippen LogP contribution in [0.15, 0.2) is 71.9 Å². The third kappa shape index (κ3) is 9.54. The van der Waals surface area contributed by atoms with E-state index in [9.17, 15) is 20.1 Å². The number of allylic oxidation sites excluding steroid dienone is 2. The monoisotopic (exact) mass is 870 g/mol. The highest BCUT2D eigenvalue weighted by Crippen LogP contribution is 2.47. The number of hydrogen-bond donors (Lipinski definition) is 3. The molecule has 0 saturated carbocycles. The van der Waals surface area contributed by atoms with Crippen molar-refractivity contribution in [1.29, 1.82) is 0 Å². The molecule has 1 spiro atoms. The predicted octanol–water partition coefficient (Wildman–Crippen LogP) is 5.15. The Hall–Kier alpha value is -2.57. The van der Waals surface area contributed by atoms with E-state index in [1.54, 1.807) is 40.2 Å². The summed E-state index contributed by atoms with van der Waals surface area (Å²) in [6.07, 6.45) is 9.03. The predicted molar refractivity (Wildman–Crippen MR) is 227 cm³/mol. The van der Waals surface area contributed by atoms with Crippen molar-refractivity contribution in [1.82, 2.24) is 0 Å². The molecular weight excluding hydrogens is 801 g/mol. The van der Waals surface area contributed by atoms with Gasteiger partial charge in [0.25, 0.3) is 0 Å². The Morgan fingerprint density at radius 1 is 0.903 bits per heavy atom. The maximum atomic E-state index is 14.3. The lowest BCUT2D eigenvalue weighted by molar-refractivity contribution is -0.318. The summed E-state index contributed by atoms with van der Waals surface area (Å²) in [6, 6.07) is 0. The van der Waals surface area contributed by atoms with Gasteiger partial charge in [-0.05, 0) is 56.9 Å². The molecule has 7 rings (SSSR count). The molecule has 6 heterocycles. The molecule has 1 aliphatic carbocycles. The zero-order valence-electron chi connectivity index (χ0n) is 37.8. The zero-order valence-corrected chi connectivity index (χ0v) is 37.8. The molecule has 62 heavy (non-hydrogen) atoms. The second-order valence-electron chi connectivity index (χ2n) is 18.7. The Morgan fingerprint density at radius 2 is 1.61 bits per heavy atom. The number of rotatable bonds is 8. The van der Waals surface area contributed by atoms with E-state index in [4.69, 9.17) is 47.4 Å². The lowest BCUT2D eigenvalue weighted by atomic mass is 9.71. The molecule has 7 aliphatic rings. The van der Waals surface area contributed by atoms with Gasteiger partial charge in [0.05, 0.1) is 49.3 Å². The van der Waals surface area contributed by atoms with Gasteiger partial charge >= 0.3 is 5.97 Å². The van der Waals surface area contributed by atoms with E-state index in [0.29, 0.717) is 36.8 Å². The Bertz CT molecular complexity index is 1760. The SMILES string of the molecule is C=CC(C)C1OC2(C=CC1C)CC1CC(C/C=C(\C)C(OC3CC(OC)C(OC4CC(OC)C(O)C(C)O4)C(C)O3)C(C)/C=C/C=C3\COC4C(O)C(C)=CC(C(=O)O1)C34O)O2. The number of carbonyl (C=O) groups excluding carboxylic acids is 1. The summed E-state index contributed by atoms with van der Waals surface area (Å²) in [5.41, 5.74) is 0.0905. The van der Waals surface area contributed by atoms with Gasteiger partial charge in [0, 0.05) is 57.7 Å². The van der Waals surface area contributed by atoms with Crippen LogP contribution in [0.3, 0.4) is 0 Å². The molecule has 0 radical (unpaired) electrons. The normalized spacial score (nSPS) is 49.1. The molecule has 3 N–H and O–H groups in total. The van der Waals surface area contributed by atoms with Crippen LogP contribution in [0.5, 0.6) is 0 Å². The summed E-state index contributed by atoms with van der Waals surface area (Å²) in [5, 5.41) is 34.2. The Kier molecular flexibility index (Phi) is 14.9. The van der Waals surface area contributed by atoms with Crippen molar-refractivity contribution in [3.63, 3.8) is 0 Å². The molecule has 2 bridgehead atoms. The maximum Gasteiger partial charge on any atom is 0.316 e. The number of methoxy groups -OCH3 is 2. The highest BCUT2D eigenvalue weighted by molar-refractivity contribution is 5.78. The first-order valence-electron chi connectivity index (χ1n) is 22.5. The minimum atomic E-state index is -1.85. The van der Waals surface area contributed by atoms with Crippen molar-refractivity contribution < 1.29 is 67.5 Å². The van der Waals surface area contributed by atoms with Gasteiger partial charge in [0.2, 0.25) is 0 Å². The number of carbonyl (C=O) groups is 1. The fourth-order valence-electron chi connectivity index (χ4n) is 10.4. The number of fused-ring (bicyclic) bond motifs is 2. The van der Waals surface area contributed by atoms with Crippen LogP contribution in [-0.4, -0.2) is 139 Å². The topological polar surface area (TPSA) is 170 Å². The molecule has 14 nitrogen and oxygen atoms in total. The fraction of sp³-hybridized carbons (Fsp3) is 0.729. The van der Waals surface area contributed by atoms with Crippen LogP contribution < -0.4 is 0 Å². The van der Waals surface area contributed by atoms with E-state index in [-0.39, 0.29) is 43.0 Å². The number of esters is 1. The van der Waals surface area contributed by atoms with E-state index in [1.807, 2.05) is 38.2 Å². The molecule has 20 unspecified atom stereocenters. The standard InChI is InChI=1S/C48H70O14/c1-11-25(2)43-28(5)17-18-47(62-43)23-34-20-33(61-47)16-15-27(4)42(26(3)13-12-14-32-24-55-45-40(49)29(6)19-35(46(51)58-34)48(32,45)52)59-39-22-37(54-10)44(31(8)57-39)60-38-21-36(53-9)41(50)30(7)56-38/h11-15,17-19,25-26,28,30-31,33-45,49-50,52H,1,16,20-24H2,2-10H3/b13-12+,27-15+,32-14+. The summed E-state index contributed by atoms with van der Waals surface area (Å²) in [7, 11) is 3.21. The van der Waals surface area contributed by atoms with Gasteiger partial charge in [-0.15, -0.1) is 6.58 Å². The Morgan fingerprint density at radius 3 is 2.34 bits per heavy atom. The Labute approximate surface area is 366 Å². The summed E-state index contributed by atoms with van der Waals surface area (Å²) in [5.74, 6) is -2.96. The molecule has 6 aliphatic heterocycles. The van der Waals surface area contributed by atoms with Crippen LogP contribution in [-0.2, 0) is 52.2 Å². The lowest BCUT2D eigenvalue weighted by Crippen LogP contribution is -2.58. The molecule has 14 heteroatoms. The third-order valence-corrected chi connectivity index (χ3v) is 14.2. The van der Waals surface area contributed by atoms with Gasteiger partial charge in [-0.1, -0.05) is 63.3 Å². The van der Waals surface area contributed by atoms with E-state index in [0.717, 1.165) is 5.57 Å². The molecule has 0 aromatic heterocycles. The molecular formula is C48H70O14. The van der Waals surface area contributed by atoms with Crippen molar-refractivity contribution in [2.75, 3.05) is 20.8 Å². The molecule has 4 fully saturated rings. The number of aliphatic hydroxyl groups excluding tert-OH is 2. The summed E-state index contributed by atoms with van der Waals surface area (Å²) in [4.78, 5) is 14.3. The molecule has 0 aromatic rings. The Balaban J connectivity index is 1.18. The van der Waals surface area contributed by atoms with E-state index >= 15 is 0 Å². The van der Waals surface area contributed by atoms with Crippen LogP contribution in [0.2, 0.25) is 0 Å². The first kappa shape index (κ1) is 47.4. The molecule has 4 saturated heterocycles. The molecule has 0 aromatic carbocycles. The number of hydrogen-bond acceptors (Lipinski definition) is 14. The van der Waals surface area contributed by atoms with Crippen LogP contribution in [0.4, 0.5) is 0 Å². The van der Waals surface area contributed by atoms with Gasteiger partial charge < -0.3 is 62.7 Å². The maximum absolute atomic E-state index is 14.3. The van der Waals surface area contributed by atoms with Crippen molar-refractivity contribution in [3.05, 3.63) is 71.9 Å². The zero-order chi connectivity index (χ0) is 44.7. The molecule has 346 valence electrons. The van der Waals surface area contributed by atoms with Gasteiger partial charge in [-0.25, -0.2) is 0 Å². The first-order valence-corrected chi connectivity index (χ1v) is 22.5. The minimum Gasteiger partial charge on any atom is -0.462 e. The summed E-state index contributed by atoms with van der Waals surface area (Å²) < 4.78 is 63.5. The van der Waals surface area contributed by atoms with Crippen LogP contribution >= 0.6 is 0 Å². The molecule has 0 amide bonds. The van der Waals surface area contributed by atoms with Crippen molar-refractivity contribution >= 4 is 5.97 Å². The first-order chi connectivity index (χ1) is 29.5. The summed E-state index contributed by atoms with van der Waals surface area (Å²) in [6.45, 7) is 17.7. The van der Waals surface area contributed by atoms with Gasteiger partial charge in [0.1, 0.15) is 42.0 Å². The second kappa shape index (κ2) is 19.5. The average molecular weight is 871 g/mol. The number of aliphatic hydroxyl groups is 3. The highest BCUT2D eigenvalue weighted by Gasteiger charge is 2.60. The van der Waals surface area contributed by atoms with Crippen molar-refractivity contribution in [2.45, 2.75) is 178 Å². The number of ether oxygens (including phenoxy) is 10. The van der Waals surface area contributed by atoms with Crippen LogP contribution in [0, 0.1) is 23.7 Å². The van der Waals surface area contributed by atoms with E-state index in [1.165, 1.54) is 0 Å². The average Bonchev–Trinajstić information content (AvgIpc) is 3.58. The largest absolute Gasteiger partial charge is 0.462 e. The second-order valence-corrected chi connectivity index (χ2v) is 18.7. The minimum absolute atomic E-state index is 0.0236. The van der Waals surface area contributed by atoms with Crippen molar-refractivity contribution in [2.24, 2.45) is 23.7 Å². The van der Waals surface area contributed by atoms with Crippen LogP contribution in [0.1, 0.15) is 80.6 Å².